The van der Waals surface area contributed by atoms with E-state index in [1.54, 1.807) is 0 Å². The van der Waals surface area contributed by atoms with Crippen LogP contribution in [0.2, 0.25) is 0 Å². The van der Waals surface area contributed by atoms with E-state index < -0.39 is 12.2 Å². The van der Waals surface area contributed by atoms with Gasteiger partial charge in [0.15, 0.2) is 0 Å². The molecule has 0 aliphatic heterocycles. The van der Waals surface area contributed by atoms with Crippen LogP contribution in [0.3, 0.4) is 0 Å². The number of nitrogens with one attached hydrogen (secondary N) is 2. The first kappa shape index (κ1) is 17.8. The average Bonchev–Trinajstić information content (AvgIpc) is 2.51. The second-order valence-corrected chi connectivity index (χ2v) is 4.93. The van der Waals surface area contributed by atoms with Gasteiger partial charge in [-0.2, -0.15) is 5.48 Å². The summed E-state index contributed by atoms with van der Waals surface area (Å²) >= 11 is 0. The number of hydrogen-bond acceptors (Lipinski definition) is 5. The van der Waals surface area contributed by atoms with Crippen molar-refractivity contribution in [3.05, 3.63) is 35.9 Å². The van der Waals surface area contributed by atoms with E-state index in [1.807, 2.05) is 44.2 Å². The van der Waals surface area contributed by atoms with Crippen molar-refractivity contribution < 1.29 is 23.9 Å². The summed E-state index contributed by atoms with van der Waals surface area (Å²) in [5, 5.41) is 2.49. The Morgan fingerprint density at radius 2 is 1.82 bits per heavy atom. The Kier molecular flexibility index (Phi) is 8.44. The van der Waals surface area contributed by atoms with E-state index in [-0.39, 0.29) is 25.7 Å². The zero-order chi connectivity index (χ0) is 16.2. The first-order valence-electron chi connectivity index (χ1n) is 7.07. The van der Waals surface area contributed by atoms with Gasteiger partial charge >= 0.3 is 12.2 Å². The van der Waals surface area contributed by atoms with E-state index in [9.17, 15) is 9.59 Å². The second-order valence-electron chi connectivity index (χ2n) is 4.93. The zero-order valence-corrected chi connectivity index (χ0v) is 12.8. The number of hydrogen-bond donors (Lipinski definition) is 2. The zero-order valence-electron chi connectivity index (χ0n) is 12.8. The largest absolute Gasteiger partial charge is 0.449 e. The van der Waals surface area contributed by atoms with Gasteiger partial charge in [0.2, 0.25) is 0 Å². The minimum absolute atomic E-state index is 0.108. The molecule has 0 saturated carbocycles. The summed E-state index contributed by atoms with van der Waals surface area (Å²) in [6.45, 7) is 4.74. The lowest BCUT2D eigenvalue weighted by atomic mass is 10.2. The number of amides is 2. The normalized spacial score (nSPS) is 10.1. The fraction of sp³-hybridized carbons (Fsp3) is 0.467. The predicted octanol–water partition coefficient (Wildman–Crippen LogP) is 2.23. The van der Waals surface area contributed by atoms with Gasteiger partial charge in [-0.15, -0.1) is 0 Å². The highest BCUT2D eigenvalue weighted by molar-refractivity contribution is 5.67. The molecule has 2 amide bonds. The maximum atomic E-state index is 11.3. The van der Waals surface area contributed by atoms with Crippen LogP contribution in [0.5, 0.6) is 0 Å². The third-order valence-electron chi connectivity index (χ3n) is 2.39. The van der Waals surface area contributed by atoms with E-state index in [1.165, 1.54) is 0 Å². The fourth-order valence-electron chi connectivity index (χ4n) is 1.36. The topological polar surface area (TPSA) is 85.9 Å². The van der Waals surface area contributed by atoms with Gasteiger partial charge in [0.05, 0.1) is 13.2 Å². The minimum atomic E-state index is -0.689. The lowest BCUT2D eigenvalue weighted by Crippen LogP contribution is -2.32. The molecule has 0 unspecified atom stereocenters. The predicted molar refractivity (Wildman–Crippen MR) is 79.9 cm³/mol. The first-order chi connectivity index (χ1) is 10.6. The van der Waals surface area contributed by atoms with E-state index in [0.717, 1.165) is 5.56 Å². The smallest absolute Gasteiger partial charge is 0.431 e. The highest BCUT2D eigenvalue weighted by atomic mass is 16.7. The SMILES string of the molecule is CC(C)COC(=O)NCCONC(=O)OCc1ccccc1. The summed E-state index contributed by atoms with van der Waals surface area (Å²) in [5.74, 6) is 0.281. The Morgan fingerprint density at radius 1 is 1.09 bits per heavy atom. The molecule has 0 heterocycles. The number of carbonyl (C=O) groups excluding carboxylic acids is 2. The molecule has 7 nitrogen and oxygen atoms in total. The molecule has 7 heteroatoms. The van der Waals surface area contributed by atoms with Crippen molar-refractivity contribution >= 4 is 12.2 Å². The third kappa shape index (κ3) is 8.80. The van der Waals surface area contributed by atoms with E-state index in [4.69, 9.17) is 14.3 Å². The third-order valence-corrected chi connectivity index (χ3v) is 2.39. The molecular weight excluding hydrogens is 288 g/mol. The summed E-state index contributed by atoms with van der Waals surface area (Å²) in [5.41, 5.74) is 3.01. The van der Waals surface area contributed by atoms with Crippen LogP contribution in [0.25, 0.3) is 0 Å². The van der Waals surface area contributed by atoms with Crippen LogP contribution in [-0.2, 0) is 20.9 Å². The molecule has 0 atom stereocenters. The molecule has 1 rings (SSSR count). The second kappa shape index (κ2) is 10.4. The molecule has 0 bridgehead atoms. The van der Waals surface area contributed by atoms with Gasteiger partial charge in [-0.05, 0) is 11.5 Å². The molecule has 2 N–H and O–H groups in total. The molecule has 0 aromatic heterocycles. The van der Waals surface area contributed by atoms with E-state index >= 15 is 0 Å². The van der Waals surface area contributed by atoms with Gasteiger partial charge in [-0.25, -0.2) is 9.59 Å². The van der Waals surface area contributed by atoms with Crippen molar-refractivity contribution in [2.75, 3.05) is 19.8 Å². The lowest BCUT2D eigenvalue weighted by molar-refractivity contribution is 0.0264. The van der Waals surface area contributed by atoms with Gasteiger partial charge in [0.25, 0.3) is 0 Å². The number of alkyl carbamates (subject to hydrolysis) is 1. The van der Waals surface area contributed by atoms with E-state index in [2.05, 4.69) is 10.8 Å². The Labute approximate surface area is 129 Å². The Balaban J connectivity index is 2.00. The van der Waals surface area contributed by atoms with Gasteiger partial charge < -0.3 is 14.8 Å². The maximum absolute atomic E-state index is 11.3. The summed E-state index contributed by atoms with van der Waals surface area (Å²) in [6.07, 6.45) is -1.20. The number of carbonyl (C=O) groups is 2. The maximum Gasteiger partial charge on any atom is 0.431 e. The summed E-state index contributed by atoms with van der Waals surface area (Å²) in [7, 11) is 0. The van der Waals surface area contributed by atoms with Crippen LogP contribution in [-0.4, -0.2) is 31.9 Å². The Hall–Kier alpha value is -2.28. The molecule has 0 radical (unpaired) electrons. The van der Waals surface area contributed by atoms with Crippen molar-refractivity contribution in [3.63, 3.8) is 0 Å². The average molecular weight is 310 g/mol. The van der Waals surface area contributed by atoms with Crippen LogP contribution in [0.1, 0.15) is 19.4 Å². The highest BCUT2D eigenvalue weighted by Gasteiger charge is 2.04. The van der Waals surface area contributed by atoms with Gasteiger partial charge in [-0.1, -0.05) is 44.2 Å². The molecule has 22 heavy (non-hydrogen) atoms. The number of hydroxylamine groups is 1. The molecule has 0 fully saturated rings. The van der Waals surface area contributed by atoms with Crippen LogP contribution in [0.4, 0.5) is 9.59 Å². The minimum Gasteiger partial charge on any atom is -0.449 e. The number of ether oxygens (including phenoxy) is 2. The van der Waals surface area contributed by atoms with Crippen LogP contribution < -0.4 is 10.8 Å². The molecule has 122 valence electrons. The van der Waals surface area contributed by atoms with E-state index in [0.29, 0.717) is 6.61 Å². The molecular formula is C15H22N2O5. The summed E-state index contributed by atoms with van der Waals surface area (Å²) in [6, 6.07) is 9.29. The molecule has 0 aliphatic carbocycles. The lowest BCUT2D eigenvalue weighted by Gasteiger charge is -2.09. The highest BCUT2D eigenvalue weighted by Crippen LogP contribution is 2.00. The molecule has 1 aromatic rings. The van der Waals surface area contributed by atoms with Gasteiger partial charge in [0, 0.05) is 6.54 Å². The quantitative estimate of drug-likeness (QED) is 0.568. The Bertz CT molecular complexity index is 451. The van der Waals surface area contributed by atoms with Crippen LogP contribution >= 0.6 is 0 Å². The standard InChI is InChI=1S/C15H22N2O5/c1-12(2)10-20-14(18)16-8-9-22-17-15(19)21-11-13-6-4-3-5-7-13/h3-7,12H,8-11H2,1-2H3,(H,16,18)(H,17,19). The number of benzene rings is 1. The Morgan fingerprint density at radius 3 is 2.50 bits per heavy atom. The van der Waals surface area contributed by atoms with Gasteiger partial charge in [-0.3, -0.25) is 4.84 Å². The van der Waals surface area contributed by atoms with Crippen molar-refractivity contribution in [1.82, 2.24) is 10.8 Å². The van der Waals surface area contributed by atoms with Crippen molar-refractivity contribution in [2.24, 2.45) is 5.92 Å². The summed E-state index contributed by atoms with van der Waals surface area (Å²) in [4.78, 5) is 27.4. The van der Waals surface area contributed by atoms with Crippen LogP contribution in [0, 0.1) is 5.92 Å². The summed E-state index contributed by atoms with van der Waals surface area (Å²) < 4.78 is 9.83. The van der Waals surface area contributed by atoms with Crippen molar-refractivity contribution in [2.45, 2.75) is 20.5 Å². The molecule has 0 spiro atoms. The van der Waals surface area contributed by atoms with Gasteiger partial charge in [0.1, 0.15) is 6.61 Å². The fourth-order valence-corrected chi connectivity index (χ4v) is 1.36. The van der Waals surface area contributed by atoms with Crippen molar-refractivity contribution in [3.8, 4) is 0 Å². The molecule has 0 aliphatic rings. The first-order valence-corrected chi connectivity index (χ1v) is 7.07. The number of rotatable bonds is 8. The van der Waals surface area contributed by atoms with Crippen molar-refractivity contribution in [1.29, 1.82) is 0 Å². The monoisotopic (exact) mass is 310 g/mol. The van der Waals surface area contributed by atoms with Crippen LogP contribution in [0.15, 0.2) is 30.3 Å². The molecule has 1 aromatic carbocycles. The molecule has 0 saturated heterocycles.